The number of benzene rings is 1. The Hall–Kier alpha value is -2.54. The summed E-state index contributed by atoms with van der Waals surface area (Å²) in [6, 6.07) is 5.12. The second kappa shape index (κ2) is 6.76. The zero-order valence-corrected chi connectivity index (χ0v) is 14.7. The first kappa shape index (κ1) is 17.3. The first-order valence-electron chi connectivity index (χ1n) is 8.32. The second-order valence-electron chi connectivity index (χ2n) is 6.30. The van der Waals surface area contributed by atoms with Crippen LogP contribution in [-0.4, -0.2) is 60.9 Å². The van der Waals surface area contributed by atoms with Gasteiger partial charge in [-0.25, -0.2) is 0 Å². The third-order valence-electron chi connectivity index (χ3n) is 4.85. The van der Waals surface area contributed by atoms with Gasteiger partial charge in [0.15, 0.2) is 0 Å². The third-order valence-corrected chi connectivity index (χ3v) is 4.85. The second-order valence-corrected chi connectivity index (χ2v) is 6.30. The number of rotatable bonds is 4. The summed E-state index contributed by atoms with van der Waals surface area (Å²) in [6.07, 6.45) is 0. The largest absolute Gasteiger partial charge is 0.497 e. The fourth-order valence-electron chi connectivity index (χ4n) is 3.24. The summed E-state index contributed by atoms with van der Waals surface area (Å²) in [4.78, 5) is 28.1. The lowest BCUT2D eigenvalue weighted by molar-refractivity contribution is -0.123. The number of aryl methyl sites for hydroxylation is 1. The molecule has 2 amide bonds. The molecule has 2 N–H and O–H groups in total. The molecule has 2 heterocycles. The molecular formula is C18H23N3O4. The maximum absolute atomic E-state index is 13.0. The molecule has 1 atom stereocenters. The van der Waals surface area contributed by atoms with Crippen molar-refractivity contribution in [3.63, 3.8) is 0 Å². The minimum Gasteiger partial charge on any atom is -0.497 e. The predicted molar refractivity (Wildman–Crippen MR) is 93.6 cm³/mol. The van der Waals surface area contributed by atoms with Crippen molar-refractivity contribution in [3.05, 3.63) is 29.5 Å². The van der Waals surface area contributed by atoms with Crippen molar-refractivity contribution in [2.24, 2.45) is 5.73 Å². The molecule has 0 radical (unpaired) electrons. The molecule has 0 spiro atoms. The summed E-state index contributed by atoms with van der Waals surface area (Å²) in [5, 5.41) is 0.759. The Morgan fingerprint density at radius 3 is 2.52 bits per heavy atom. The van der Waals surface area contributed by atoms with E-state index in [1.165, 1.54) is 0 Å². The first-order chi connectivity index (χ1) is 11.9. The number of hydrogen-bond acceptors (Lipinski definition) is 5. The number of ether oxygens (including phenoxy) is 1. The average molecular weight is 345 g/mol. The van der Waals surface area contributed by atoms with E-state index < -0.39 is 0 Å². The molecule has 1 unspecified atom stereocenters. The van der Waals surface area contributed by atoms with Crippen molar-refractivity contribution in [2.45, 2.75) is 19.9 Å². The highest BCUT2D eigenvalue weighted by Crippen LogP contribution is 2.30. The van der Waals surface area contributed by atoms with Crippen molar-refractivity contribution in [2.75, 3.05) is 33.3 Å². The molecule has 1 aliphatic heterocycles. The summed E-state index contributed by atoms with van der Waals surface area (Å²) in [5.41, 5.74) is 6.61. The number of fused-ring (bicyclic) bond motifs is 1. The Labute approximate surface area is 146 Å². The number of methoxy groups -OCH3 is 1. The van der Waals surface area contributed by atoms with Crippen LogP contribution in [0.4, 0.5) is 0 Å². The van der Waals surface area contributed by atoms with E-state index in [4.69, 9.17) is 14.9 Å². The summed E-state index contributed by atoms with van der Waals surface area (Å²) in [6.45, 7) is 5.92. The Bertz CT molecular complexity index is 806. The number of hydrogen-bond donors (Lipinski definition) is 1. The van der Waals surface area contributed by atoms with Crippen LogP contribution in [0.2, 0.25) is 0 Å². The zero-order valence-electron chi connectivity index (χ0n) is 14.7. The van der Waals surface area contributed by atoms with E-state index >= 15 is 0 Å². The summed E-state index contributed by atoms with van der Waals surface area (Å²) < 4.78 is 11.0. The number of primary amides is 1. The van der Waals surface area contributed by atoms with Crippen LogP contribution >= 0.6 is 0 Å². The van der Waals surface area contributed by atoms with E-state index in [-0.39, 0.29) is 17.9 Å². The highest BCUT2D eigenvalue weighted by atomic mass is 16.5. The summed E-state index contributed by atoms with van der Waals surface area (Å²) in [5.74, 6) is 0.878. The molecule has 0 aliphatic carbocycles. The van der Waals surface area contributed by atoms with Gasteiger partial charge in [0.1, 0.15) is 17.1 Å². The van der Waals surface area contributed by atoms with Crippen molar-refractivity contribution in [1.29, 1.82) is 0 Å². The van der Waals surface area contributed by atoms with Crippen LogP contribution in [0.1, 0.15) is 23.0 Å². The van der Waals surface area contributed by atoms with E-state index in [2.05, 4.69) is 0 Å². The Morgan fingerprint density at radius 1 is 1.24 bits per heavy atom. The number of carbonyl (C=O) groups excluding carboxylic acids is 2. The van der Waals surface area contributed by atoms with Crippen LogP contribution in [0.25, 0.3) is 11.0 Å². The lowest BCUT2D eigenvalue weighted by Crippen LogP contribution is -2.54. The van der Waals surface area contributed by atoms with Gasteiger partial charge < -0.3 is 19.8 Å². The lowest BCUT2D eigenvalue weighted by atomic mass is 10.1. The third kappa shape index (κ3) is 3.19. The van der Waals surface area contributed by atoms with Crippen LogP contribution in [-0.2, 0) is 4.79 Å². The smallest absolute Gasteiger partial charge is 0.258 e. The van der Waals surface area contributed by atoms with Gasteiger partial charge in [-0.2, -0.15) is 0 Å². The number of nitrogens with two attached hydrogens (primary N) is 1. The van der Waals surface area contributed by atoms with Gasteiger partial charge in [0.25, 0.3) is 5.91 Å². The standard InChI is InChI=1S/C18H23N3O4/c1-11(17(19)22)20-6-8-21(9-7-20)18(23)16-12(2)25-15-5-4-13(24-3)10-14(15)16/h4-5,10-11H,6-9H2,1-3H3,(H2,19,22). The number of furan rings is 1. The first-order valence-corrected chi connectivity index (χ1v) is 8.32. The quantitative estimate of drug-likeness (QED) is 0.904. The minimum atomic E-state index is -0.344. The normalized spacial score (nSPS) is 16.8. The van der Waals surface area contributed by atoms with Gasteiger partial charge in [0.05, 0.1) is 18.7 Å². The average Bonchev–Trinajstić information content (AvgIpc) is 2.95. The molecule has 1 aromatic heterocycles. The molecule has 7 heteroatoms. The molecule has 0 bridgehead atoms. The summed E-state index contributed by atoms with van der Waals surface area (Å²) in [7, 11) is 1.59. The molecule has 1 aliphatic rings. The Kier molecular flexibility index (Phi) is 4.67. The molecule has 134 valence electrons. The fourth-order valence-corrected chi connectivity index (χ4v) is 3.24. The minimum absolute atomic E-state index is 0.0594. The maximum Gasteiger partial charge on any atom is 0.258 e. The van der Waals surface area contributed by atoms with Gasteiger partial charge in [0, 0.05) is 31.6 Å². The zero-order chi connectivity index (χ0) is 18.1. The Morgan fingerprint density at radius 2 is 1.92 bits per heavy atom. The topological polar surface area (TPSA) is 89.0 Å². The molecule has 1 fully saturated rings. The van der Waals surface area contributed by atoms with Crippen molar-refractivity contribution in [1.82, 2.24) is 9.80 Å². The van der Waals surface area contributed by atoms with E-state index in [0.29, 0.717) is 48.8 Å². The highest BCUT2D eigenvalue weighted by Gasteiger charge is 2.29. The number of carbonyl (C=O) groups is 2. The molecule has 3 rings (SSSR count). The number of piperazine rings is 1. The highest BCUT2D eigenvalue weighted by molar-refractivity contribution is 6.07. The molecule has 1 aromatic carbocycles. The summed E-state index contributed by atoms with van der Waals surface area (Å²) >= 11 is 0. The molecule has 7 nitrogen and oxygen atoms in total. The number of amides is 2. The van der Waals surface area contributed by atoms with Crippen LogP contribution in [0.5, 0.6) is 5.75 Å². The van der Waals surface area contributed by atoms with Gasteiger partial charge in [-0.3, -0.25) is 14.5 Å². The van der Waals surface area contributed by atoms with Crippen LogP contribution < -0.4 is 10.5 Å². The predicted octanol–water partition coefficient (Wildman–Crippen LogP) is 1.38. The fraction of sp³-hybridized carbons (Fsp3) is 0.444. The lowest BCUT2D eigenvalue weighted by Gasteiger charge is -2.36. The maximum atomic E-state index is 13.0. The Balaban J connectivity index is 1.81. The number of nitrogens with zero attached hydrogens (tertiary/aromatic N) is 2. The van der Waals surface area contributed by atoms with Crippen LogP contribution in [0, 0.1) is 6.92 Å². The van der Waals surface area contributed by atoms with E-state index in [1.54, 1.807) is 25.9 Å². The van der Waals surface area contributed by atoms with Gasteiger partial charge in [0.2, 0.25) is 5.91 Å². The van der Waals surface area contributed by atoms with Crippen LogP contribution in [0.15, 0.2) is 22.6 Å². The molecular weight excluding hydrogens is 322 g/mol. The monoisotopic (exact) mass is 345 g/mol. The van der Waals surface area contributed by atoms with Crippen molar-refractivity contribution in [3.8, 4) is 5.75 Å². The van der Waals surface area contributed by atoms with Crippen LogP contribution in [0.3, 0.4) is 0 Å². The molecule has 25 heavy (non-hydrogen) atoms. The van der Waals surface area contributed by atoms with E-state index in [1.807, 2.05) is 23.1 Å². The van der Waals surface area contributed by atoms with Crippen molar-refractivity contribution >= 4 is 22.8 Å². The molecule has 0 saturated carbocycles. The van der Waals surface area contributed by atoms with Gasteiger partial charge in [-0.1, -0.05) is 0 Å². The van der Waals surface area contributed by atoms with Crippen molar-refractivity contribution < 1.29 is 18.7 Å². The van der Waals surface area contributed by atoms with Gasteiger partial charge in [-0.15, -0.1) is 0 Å². The molecule has 2 aromatic rings. The van der Waals surface area contributed by atoms with E-state index in [0.717, 1.165) is 5.39 Å². The molecule has 1 saturated heterocycles. The van der Waals surface area contributed by atoms with Gasteiger partial charge >= 0.3 is 0 Å². The SMILES string of the molecule is COc1ccc2oc(C)c(C(=O)N3CCN(C(C)C(N)=O)CC3)c2c1. The van der Waals surface area contributed by atoms with E-state index in [9.17, 15) is 9.59 Å². The van der Waals surface area contributed by atoms with Gasteiger partial charge in [-0.05, 0) is 32.0 Å².